The molecule has 1 aliphatic rings. The second kappa shape index (κ2) is 7.07. The fourth-order valence-electron chi connectivity index (χ4n) is 2.23. The van der Waals surface area contributed by atoms with Crippen LogP contribution in [0.5, 0.6) is 0 Å². The molecule has 0 aromatic heterocycles. The third-order valence-electron chi connectivity index (χ3n) is 3.58. The average Bonchev–Trinajstić information content (AvgIpc) is 3.10. The van der Waals surface area contributed by atoms with Crippen molar-refractivity contribution in [1.29, 1.82) is 0 Å². The lowest BCUT2D eigenvalue weighted by atomic mass is 9.80. The Labute approximate surface area is 122 Å². The maximum Gasteiger partial charge on any atom is 0.319 e. The van der Waals surface area contributed by atoms with Crippen LogP contribution >= 0.6 is 0 Å². The molecule has 0 saturated heterocycles. The number of nitrogens with zero attached hydrogens (tertiary/aromatic N) is 1. The number of carbonyl (C=O) groups excluding carboxylic acids is 2. The van der Waals surface area contributed by atoms with Gasteiger partial charge in [0.25, 0.3) is 0 Å². The Kier molecular flexibility index (Phi) is 5.99. The highest BCUT2D eigenvalue weighted by atomic mass is 16.5. The smallest absolute Gasteiger partial charge is 0.319 e. The molecule has 116 valence electrons. The van der Waals surface area contributed by atoms with Crippen LogP contribution in [-0.4, -0.2) is 49.6 Å². The zero-order valence-corrected chi connectivity index (χ0v) is 13.4. The number of hydrogen-bond donors (Lipinski definition) is 1. The van der Waals surface area contributed by atoms with E-state index in [4.69, 9.17) is 4.74 Å². The van der Waals surface area contributed by atoms with Gasteiger partial charge in [-0.05, 0) is 32.2 Å². The molecule has 1 N–H and O–H groups in total. The van der Waals surface area contributed by atoms with E-state index in [2.05, 4.69) is 17.3 Å². The lowest BCUT2D eigenvalue weighted by molar-refractivity contribution is -0.156. The first kappa shape index (κ1) is 17.0. The van der Waals surface area contributed by atoms with E-state index in [1.165, 1.54) is 12.8 Å². The van der Waals surface area contributed by atoms with E-state index in [9.17, 15) is 9.59 Å². The van der Waals surface area contributed by atoms with Gasteiger partial charge in [-0.15, -0.1) is 0 Å². The van der Waals surface area contributed by atoms with E-state index in [0.29, 0.717) is 19.2 Å². The molecule has 0 spiro atoms. The fourth-order valence-corrected chi connectivity index (χ4v) is 2.23. The lowest BCUT2D eigenvalue weighted by Crippen LogP contribution is -2.45. The Balaban J connectivity index is 2.48. The van der Waals surface area contributed by atoms with Crippen LogP contribution in [-0.2, 0) is 14.3 Å². The van der Waals surface area contributed by atoms with Gasteiger partial charge in [0.15, 0.2) is 0 Å². The molecule has 0 radical (unpaired) electrons. The van der Waals surface area contributed by atoms with Gasteiger partial charge in [-0.3, -0.25) is 9.59 Å². The Hall–Kier alpha value is -1.10. The van der Waals surface area contributed by atoms with Crippen molar-refractivity contribution in [2.75, 3.05) is 26.7 Å². The standard InChI is InChI=1S/C15H28N2O3/c1-6-20-14(19)12(15(2,3)4)13(18)16-9-10-17(5)11-7-8-11/h11-12H,6-10H2,1-5H3,(H,16,18). The highest BCUT2D eigenvalue weighted by molar-refractivity contribution is 5.98. The minimum absolute atomic E-state index is 0.236. The van der Waals surface area contributed by atoms with Crippen LogP contribution < -0.4 is 5.32 Å². The van der Waals surface area contributed by atoms with Crippen molar-refractivity contribution < 1.29 is 14.3 Å². The molecule has 20 heavy (non-hydrogen) atoms. The summed E-state index contributed by atoms with van der Waals surface area (Å²) < 4.78 is 5.02. The van der Waals surface area contributed by atoms with Gasteiger partial charge in [0, 0.05) is 19.1 Å². The molecule has 1 unspecified atom stereocenters. The predicted molar refractivity (Wildman–Crippen MR) is 78.2 cm³/mol. The molecule has 1 saturated carbocycles. The Morgan fingerprint density at radius 3 is 2.40 bits per heavy atom. The molecule has 5 heteroatoms. The van der Waals surface area contributed by atoms with Gasteiger partial charge in [0.2, 0.25) is 5.91 Å². The van der Waals surface area contributed by atoms with Gasteiger partial charge in [-0.2, -0.15) is 0 Å². The molecule has 0 heterocycles. The van der Waals surface area contributed by atoms with Gasteiger partial charge in [-0.25, -0.2) is 0 Å². The second-order valence-electron chi connectivity index (χ2n) is 6.55. The van der Waals surface area contributed by atoms with E-state index >= 15 is 0 Å². The zero-order valence-electron chi connectivity index (χ0n) is 13.4. The number of rotatable bonds is 7. The van der Waals surface area contributed by atoms with Crippen molar-refractivity contribution in [3.63, 3.8) is 0 Å². The molecule has 1 fully saturated rings. The summed E-state index contributed by atoms with van der Waals surface area (Å²) in [5.41, 5.74) is -0.446. The van der Waals surface area contributed by atoms with E-state index in [1.807, 2.05) is 20.8 Å². The summed E-state index contributed by atoms with van der Waals surface area (Å²) in [5.74, 6) is -1.43. The van der Waals surface area contributed by atoms with Crippen molar-refractivity contribution in [3.05, 3.63) is 0 Å². The molecule has 1 aliphatic carbocycles. The Bertz CT molecular complexity index is 346. The van der Waals surface area contributed by atoms with Crippen LogP contribution in [0.3, 0.4) is 0 Å². The number of ether oxygens (including phenoxy) is 1. The molecular weight excluding hydrogens is 256 g/mol. The zero-order chi connectivity index (χ0) is 15.3. The third kappa shape index (κ3) is 5.12. The molecule has 0 aromatic rings. The molecule has 0 bridgehead atoms. The summed E-state index contributed by atoms with van der Waals surface area (Å²) in [5, 5.41) is 2.86. The summed E-state index contributed by atoms with van der Waals surface area (Å²) in [6.45, 7) is 9.07. The molecule has 5 nitrogen and oxygen atoms in total. The molecule has 0 aliphatic heterocycles. The first-order valence-electron chi connectivity index (χ1n) is 7.42. The molecule has 0 aromatic carbocycles. The normalized spacial score (nSPS) is 16.9. The second-order valence-corrected chi connectivity index (χ2v) is 6.55. The summed E-state index contributed by atoms with van der Waals surface area (Å²) in [6.07, 6.45) is 2.50. The number of carbonyl (C=O) groups is 2. The first-order chi connectivity index (χ1) is 9.27. The van der Waals surface area contributed by atoms with Crippen molar-refractivity contribution in [3.8, 4) is 0 Å². The highest BCUT2D eigenvalue weighted by Gasteiger charge is 2.38. The predicted octanol–water partition coefficient (Wildman–Crippen LogP) is 1.42. The molecule has 1 rings (SSSR count). The van der Waals surface area contributed by atoms with Gasteiger partial charge in [0.1, 0.15) is 5.92 Å². The maximum atomic E-state index is 12.2. The van der Waals surface area contributed by atoms with Crippen molar-refractivity contribution in [2.24, 2.45) is 11.3 Å². The van der Waals surface area contributed by atoms with Crippen LogP contribution in [0.1, 0.15) is 40.5 Å². The summed E-state index contributed by atoms with van der Waals surface area (Å²) >= 11 is 0. The minimum Gasteiger partial charge on any atom is -0.465 e. The van der Waals surface area contributed by atoms with E-state index in [1.54, 1.807) is 6.92 Å². The SMILES string of the molecule is CCOC(=O)C(C(=O)NCCN(C)C1CC1)C(C)(C)C. The number of nitrogens with one attached hydrogen (secondary N) is 1. The van der Waals surface area contributed by atoms with Crippen molar-refractivity contribution in [2.45, 2.75) is 46.6 Å². The van der Waals surface area contributed by atoms with E-state index < -0.39 is 17.3 Å². The van der Waals surface area contributed by atoms with Gasteiger partial charge >= 0.3 is 5.97 Å². The Morgan fingerprint density at radius 2 is 1.95 bits per heavy atom. The number of hydrogen-bond acceptors (Lipinski definition) is 4. The monoisotopic (exact) mass is 284 g/mol. The van der Waals surface area contributed by atoms with Crippen LogP contribution in [0, 0.1) is 11.3 Å². The quantitative estimate of drug-likeness (QED) is 0.567. The van der Waals surface area contributed by atoms with Gasteiger partial charge in [-0.1, -0.05) is 20.8 Å². The summed E-state index contributed by atoms with van der Waals surface area (Å²) in [7, 11) is 2.07. The lowest BCUT2D eigenvalue weighted by Gasteiger charge is -2.28. The third-order valence-corrected chi connectivity index (χ3v) is 3.58. The number of likely N-dealkylation sites (N-methyl/N-ethyl adjacent to an activating group) is 1. The fraction of sp³-hybridized carbons (Fsp3) is 0.867. The van der Waals surface area contributed by atoms with Crippen molar-refractivity contribution >= 4 is 11.9 Å². The number of amides is 1. The summed E-state index contributed by atoms with van der Waals surface area (Å²) in [4.78, 5) is 26.4. The van der Waals surface area contributed by atoms with Crippen molar-refractivity contribution in [1.82, 2.24) is 10.2 Å². The maximum absolute atomic E-state index is 12.2. The molecular formula is C15H28N2O3. The van der Waals surface area contributed by atoms with Crippen LogP contribution in [0.15, 0.2) is 0 Å². The average molecular weight is 284 g/mol. The highest BCUT2D eigenvalue weighted by Crippen LogP contribution is 2.27. The largest absolute Gasteiger partial charge is 0.465 e. The molecule has 1 amide bonds. The summed E-state index contributed by atoms with van der Waals surface area (Å²) in [6, 6.07) is 0.676. The van der Waals surface area contributed by atoms with E-state index in [-0.39, 0.29) is 5.91 Å². The van der Waals surface area contributed by atoms with Crippen LogP contribution in [0.25, 0.3) is 0 Å². The Morgan fingerprint density at radius 1 is 1.35 bits per heavy atom. The first-order valence-corrected chi connectivity index (χ1v) is 7.42. The number of esters is 1. The van der Waals surface area contributed by atoms with Gasteiger partial charge < -0.3 is 15.0 Å². The minimum atomic E-state index is -0.756. The van der Waals surface area contributed by atoms with Crippen LogP contribution in [0.2, 0.25) is 0 Å². The molecule has 1 atom stereocenters. The van der Waals surface area contributed by atoms with Gasteiger partial charge in [0.05, 0.1) is 6.61 Å². The van der Waals surface area contributed by atoms with Crippen LogP contribution in [0.4, 0.5) is 0 Å². The van der Waals surface area contributed by atoms with E-state index in [0.717, 1.165) is 6.54 Å². The topological polar surface area (TPSA) is 58.6 Å².